The van der Waals surface area contributed by atoms with Crippen LogP contribution in [0.4, 0.5) is 5.82 Å². The molecule has 112 valence electrons. The molecule has 0 saturated heterocycles. The van der Waals surface area contributed by atoms with Crippen LogP contribution in [0.5, 0.6) is 0 Å². The van der Waals surface area contributed by atoms with Crippen LogP contribution in [0.1, 0.15) is 24.3 Å². The van der Waals surface area contributed by atoms with Crippen LogP contribution in [-0.4, -0.2) is 24.0 Å². The quantitative estimate of drug-likeness (QED) is 0.855. The molecule has 0 bridgehead atoms. The van der Waals surface area contributed by atoms with Crippen molar-refractivity contribution in [1.29, 1.82) is 0 Å². The van der Waals surface area contributed by atoms with Crippen molar-refractivity contribution in [2.24, 2.45) is 0 Å². The zero-order chi connectivity index (χ0) is 15.1. The molecule has 2 aromatic rings. The molecule has 0 aliphatic rings. The fourth-order valence-electron chi connectivity index (χ4n) is 2.20. The molecule has 2 heterocycles. The summed E-state index contributed by atoms with van der Waals surface area (Å²) in [6, 6.07) is 7.88. The Labute approximate surface area is 129 Å². The van der Waals surface area contributed by atoms with E-state index < -0.39 is 0 Å². The molecular weight excluding hydrogens is 282 g/mol. The summed E-state index contributed by atoms with van der Waals surface area (Å²) < 4.78 is 0. The van der Waals surface area contributed by atoms with E-state index in [-0.39, 0.29) is 5.91 Å². The van der Waals surface area contributed by atoms with Crippen molar-refractivity contribution in [2.75, 3.05) is 18.0 Å². The third kappa shape index (κ3) is 4.29. The Kier molecular flexibility index (Phi) is 5.75. The molecule has 1 amide bonds. The lowest BCUT2D eigenvalue weighted by Crippen LogP contribution is -2.28. The fraction of sp³-hybridized carbons (Fsp3) is 0.375. The molecule has 1 N–H and O–H groups in total. The van der Waals surface area contributed by atoms with Crippen LogP contribution in [0.15, 0.2) is 35.8 Å². The van der Waals surface area contributed by atoms with E-state index in [0.29, 0.717) is 13.0 Å². The van der Waals surface area contributed by atoms with Crippen LogP contribution in [0.3, 0.4) is 0 Å². The van der Waals surface area contributed by atoms with E-state index in [1.54, 1.807) is 17.5 Å². The summed E-state index contributed by atoms with van der Waals surface area (Å²) in [7, 11) is 0. The van der Waals surface area contributed by atoms with E-state index in [2.05, 4.69) is 29.0 Å². The van der Waals surface area contributed by atoms with E-state index in [1.807, 2.05) is 29.6 Å². The van der Waals surface area contributed by atoms with Crippen LogP contribution >= 0.6 is 11.3 Å². The van der Waals surface area contributed by atoms with Crippen molar-refractivity contribution in [1.82, 2.24) is 10.3 Å². The van der Waals surface area contributed by atoms with Gasteiger partial charge in [0.1, 0.15) is 5.82 Å². The Hall–Kier alpha value is -1.88. The Bertz CT molecular complexity index is 565. The Morgan fingerprint density at radius 1 is 1.29 bits per heavy atom. The molecule has 0 aromatic carbocycles. The topological polar surface area (TPSA) is 45.2 Å². The molecule has 4 nitrogen and oxygen atoms in total. The summed E-state index contributed by atoms with van der Waals surface area (Å²) in [6.07, 6.45) is 2.24. The average Bonchev–Trinajstić information content (AvgIpc) is 3.00. The Morgan fingerprint density at radius 3 is 2.76 bits per heavy atom. The minimum Gasteiger partial charge on any atom is -0.357 e. The number of carbonyl (C=O) groups is 1. The van der Waals surface area contributed by atoms with E-state index in [9.17, 15) is 4.79 Å². The third-order valence-corrected chi connectivity index (χ3v) is 4.20. The lowest BCUT2D eigenvalue weighted by molar-refractivity contribution is -0.120. The highest BCUT2D eigenvalue weighted by atomic mass is 32.1. The summed E-state index contributed by atoms with van der Waals surface area (Å²) >= 11 is 1.61. The molecule has 0 spiro atoms. The number of nitrogens with zero attached hydrogens (tertiary/aromatic N) is 2. The number of rotatable bonds is 7. The first-order valence-electron chi connectivity index (χ1n) is 7.22. The molecule has 5 heteroatoms. The first-order valence-corrected chi connectivity index (χ1v) is 8.10. The van der Waals surface area contributed by atoms with Gasteiger partial charge in [-0.2, -0.15) is 0 Å². The van der Waals surface area contributed by atoms with Gasteiger partial charge in [-0.1, -0.05) is 12.1 Å². The van der Waals surface area contributed by atoms with Gasteiger partial charge in [-0.15, -0.1) is 11.3 Å². The standard InChI is InChI=1S/C16H21N3OS/c1-3-19(4-2)16-13(7-5-9-17-16)12-18-15(20)11-14-8-6-10-21-14/h5-10H,3-4,11-12H2,1-2H3,(H,18,20). The predicted molar refractivity (Wildman–Crippen MR) is 87.7 cm³/mol. The van der Waals surface area contributed by atoms with Crippen molar-refractivity contribution < 1.29 is 4.79 Å². The fourth-order valence-corrected chi connectivity index (χ4v) is 2.91. The van der Waals surface area contributed by atoms with Crippen molar-refractivity contribution in [2.45, 2.75) is 26.8 Å². The van der Waals surface area contributed by atoms with Crippen molar-refractivity contribution in [3.63, 3.8) is 0 Å². The highest BCUT2D eigenvalue weighted by Gasteiger charge is 2.10. The molecular formula is C16H21N3OS. The van der Waals surface area contributed by atoms with Crippen molar-refractivity contribution >= 4 is 23.1 Å². The normalized spacial score (nSPS) is 10.4. The number of aromatic nitrogens is 1. The number of pyridine rings is 1. The average molecular weight is 303 g/mol. The van der Waals surface area contributed by atoms with Gasteiger partial charge in [0.2, 0.25) is 5.91 Å². The first-order chi connectivity index (χ1) is 10.2. The SMILES string of the molecule is CCN(CC)c1ncccc1CNC(=O)Cc1cccs1. The summed E-state index contributed by atoms with van der Waals surface area (Å²) in [4.78, 5) is 19.7. The van der Waals surface area contributed by atoms with Gasteiger partial charge in [-0.25, -0.2) is 4.98 Å². The summed E-state index contributed by atoms with van der Waals surface area (Å²) in [6.45, 7) is 6.55. The van der Waals surface area contributed by atoms with E-state index in [0.717, 1.165) is 29.3 Å². The van der Waals surface area contributed by atoms with Crippen LogP contribution in [0.2, 0.25) is 0 Å². The number of carbonyl (C=O) groups excluding carboxylic acids is 1. The molecule has 0 fully saturated rings. The van der Waals surface area contributed by atoms with Gasteiger partial charge in [0.05, 0.1) is 6.42 Å². The highest BCUT2D eigenvalue weighted by Crippen LogP contribution is 2.16. The molecule has 0 saturated carbocycles. The van der Waals surface area contributed by atoms with E-state index >= 15 is 0 Å². The van der Waals surface area contributed by atoms with Gasteiger partial charge in [-0.3, -0.25) is 4.79 Å². The summed E-state index contributed by atoms with van der Waals surface area (Å²) in [5, 5.41) is 4.97. The largest absolute Gasteiger partial charge is 0.357 e. The van der Waals surface area contributed by atoms with Crippen molar-refractivity contribution in [3.8, 4) is 0 Å². The van der Waals surface area contributed by atoms with Crippen LogP contribution in [0, 0.1) is 0 Å². The molecule has 0 aliphatic heterocycles. The summed E-state index contributed by atoms with van der Waals surface area (Å²) in [5.74, 6) is 1.01. The monoisotopic (exact) mass is 303 g/mol. The lowest BCUT2D eigenvalue weighted by atomic mass is 10.2. The number of nitrogens with one attached hydrogen (secondary N) is 1. The maximum Gasteiger partial charge on any atom is 0.225 e. The van der Waals surface area contributed by atoms with Gasteiger partial charge in [0.15, 0.2) is 0 Å². The Morgan fingerprint density at radius 2 is 2.10 bits per heavy atom. The maximum absolute atomic E-state index is 12.0. The summed E-state index contributed by atoms with van der Waals surface area (Å²) in [5.41, 5.74) is 1.06. The van der Waals surface area contributed by atoms with Gasteiger partial charge in [-0.05, 0) is 31.4 Å². The van der Waals surface area contributed by atoms with Gasteiger partial charge in [0, 0.05) is 36.3 Å². The number of thiophene rings is 1. The molecule has 0 atom stereocenters. The van der Waals surface area contributed by atoms with Gasteiger partial charge < -0.3 is 10.2 Å². The zero-order valence-corrected chi connectivity index (χ0v) is 13.3. The second-order valence-corrected chi connectivity index (χ2v) is 5.72. The molecule has 2 aromatic heterocycles. The van der Waals surface area contributed by atoms with Crippen molar-refractivity contribution in [3.05, 3.63) is 46.3 Å². The number of hydrogen-bond acceptors (Lipinski definition) is 4. The van der Waals surface area contributed by atoms with E-state index in [4.69, 9.17) is 0 Å². The van der Waals surface area contributed by atoms with Crippen LogP contribution in [-0.2, 0) is 17.8 Å². The maximum atomic E-state index is 12.0. The molecule has 2 rings (SSSR count). The van der Waals surface area contributed by atoms with Gasteiger partial charge in [0.25, 0.3) is 0 Å². The molecule has 0 aliphatic carbocycles. The highest BCUT2D eigenvalue weighted by molar-refractivity contribution is 7.10. The predicted octanol–water partition coefficient (Wildman–Crippen LogP) is 2.85. The Balaban J connectivity index is 1.98. The van der Waals surface area contributed by atoms with Crippen LogP contribution in [0.25, 0.3) is 0 Å². The molecule has 21 heavy (non-hydrogen) atoms. The molecule has 0 radical (unpaired) electrons. The third-order valence-electron chi connectivity index (χ3n) is 3.32. The number of hydrogen-bond donors (Lipinski definition) is 1. The molecule has 0 unspecified atom stereocenters. The number of amides is 1. The second kappa shape index (κ2) is 7.78. The minimum atomic E-state index is 0.0480. The first kappa shape index (κ1) is 15.5. The zero-order valence-electron chi connectivity index (χ0n) is 12.5. The van der Waals surface area contributed by atoms with Crippen LogP contribution < -0.4 is 10.2 Å². The minimum absolute atomic E-state index is 0.0480. The lowest BCUT2D eigenvalue weighted by Gasteiger charge is -2.22. The van der Waals surface area contributed by atoms with Gasteiger partial charge >= 0.3 is 0 Å². The smallest absolute Gasteiger partial charge is 0.225 e. The number of anilines is 1. The van der Waals surface area contributed by atoms with E-state index in [1.165, 1.54) is 0 Å². The second-order valence-electron chi connectivity index (χ2n) is 4.69.